The molecule has 1 aromatic rings. The van der Waals surface area contributed by atoms with E-state index in [1.54, 1.807) is 13.0 Å². The summed E-state index contributed by atoms with van der Waals surface area (Å²) in [6.45, 7) is 3.68. The summed E-state index contributed by atoms with van der Waals surface area (Å²) < 4.78 is 27.3. The zero-order chi connectivity index (χ0) is 14.6. The van der Waals surface area contributed by atoms with Crippen LogP contribution in [0.2, 0.25) is 0 Å². The van der Waals surface area contributed by atoms with Crippen molar-refractivity contribution in [2.45, 2.75) is 37.6 Å². The molecule has 1 aromatic carbocycles. The van der Waals surface area contributed by atoms with Gasteiger partial charge in [0.25, 0.3) is 0 Å². The Kier molecular flexibility index (Phi) is 5.75. The van der Waals surface area contributed by atoms with Gasteiger partial charge in [0, 0.05) is 3.57 Å². The first-order chi connectivity index (χ1) is 8.77. The highest BCUT2D eigenvalue weighted by Crippen LogP contribution is 2.17. The largest absolute Gasteiger partial charge is 0.480 e. The van der Waals surface area contributed by atoms with Crippen LogP contribution in [-0.2, 0) is 14.8 Å². The predicted molar refractivity (Wildman–Crippen MR) is 80.5 cm³/mol. The summed E-state index contributed by atoms with van der Waals surface area (Å²) in [6, 6.07) is 3.62. The van der Waals surface area contributed by atoms with Gasteiger partial charge in [-0.15, -0.1) is 0 Å². The lowest BCUT2D eigenvalue weighted by Gasteiger charge is -2.14. The number of aliphatic carboxylic acids is 1. The molecule has 1 atom stereocenters. The van der Waals surface area contributed by atoms with Crippen LogP contribution in [0.4, 0.5) is 0 Å². The van der Waals surface area contributed by atoms with Gasteiger partial charge >= 0.3 is 5.97 Å². The second-order valence-electron chi connectivity index (χ2n) is 4.21. The van der Waals surface area contributed by atoms with Crippen LogP contribution in [0.15, 0.2) is 23.1 Å². The van der Waals surface area contributed by atoms with E-state index < -0.39 is 22.0 Å². The maximum atomic E-state index is 12.1. The van der Waals surface area contributed by atoms with Crippen molar-refractivity contribution < 1.29 is 18.3 Å². The summed E-state index contributed by atoms with van der Waals surface area (Å²) in [4.78, 5) is 11.1. The minimum Gasteiger partial charge on any atom is -0.480 e. The van der Waals surface area contributed by atoms with Crippen molar-refractivity contribution in [2.24, 2.45) is 0 Å². The minimum absolute atomic E-state index is 0.0878. The molecule has 0 saturated heterocycles. The summed E-state index contributed by atoms with van der Waals surface area (Å²) in [5, 5.41) is 8.98. The number of hydrogen-bond acceptors (Lipinski definition) is 3. The van der Waals surface area contributed by atoms with E-state index in [4.69, 9.17) is 5.11 Å². The van der Waals surface area contributed by atoms with E-state index in [1.165, 1.54) is 12.1 Å². The zero-order valence-electron chi connectivity index (χ0n) is 10.7. The van der Waals surface area contributed by atoms with Crippen molar-refractivity contribution in [1.82, 2.24) is 4.72 Å². The third-order valence-corrected chi connectivity index (χ3v) is 5.26. The van der Waals surface area contributed by atoms with Gasteiger partial charge in [-0.1, -0.05) is 19.4 Å². The topological polar surface area (TPSA) is 83.5 Å². The highest BCUT2D eigenvalue weighted by atomic mass is 127. The van der Waals surface area contributed by atoms with Crippen LogP contribution in [0.3, 0.4) is 0 Å². The molecule has 5 nitrogen and oxygen atoms in total. The third-order valence-electron chi connectivity index (χ3n) is 2.63. The number of aryl methyl sites for hydroxylation is 1. The van der Waals surface area contributed by atoms with Crippen molar-refractivity contribution in [3.63, 3.8) is 0 Å². The Morgan fingerprint density at radius 3 is 2.58 bits per heavy atom. The Labute approximate surface area is 126 Å². The van der Waals surface area contributed by atoms with Crippen LogP contribution in [0.25, 0.3) is 0 Å². The van der Waals surface area contributed by atoms with Gasteiger partial charge in [-0.3, -0.25) is 4.79 Å². The molecular formula is C12H16INO4S. The van der Waals surface area contributed by atoms with Crippen molar-refractivity contribution in [3.8, 4) is 0 Å². The average molecular weight is 397 g/mol. The van der Waals surface area contributed by atoms with Crippen molar-refractivity contribution in [1.29, 1.82) is 0 Å². The molecule has 0 amide bonds. The van der Waals surface area contributed by atoms with Gasteiger partial charge in [0.15, 0.2) is 0 Å². The molecule has 0 aromatic heterocycles. The Morgan fingerprint density at radius 1 is 1.47 bits per heavy atom. The standard InChI is InChI=1S/C12H16INO4S/c1-3-4-11(12(15)16)14-19(17,18)9-6-5-8(2)10(13)7-9/h5-7,11,14H,3-4H2,1-2H3,(H,15,16). The van der Waals surface area contributed by atoms with E-state index >= 15 is 0 Å². The smallest absolute Gasteiger partial charge is 0.321 e. The predicted octanol–water partition coefficient (Wildman–Crippen LogP) is 2.13. The molecule has 19 heavy (non-hydrogen) atoms. The summed E-state index contributed by atoms with van der Waals surface area (Å²) in [6.07, 6.45) is 0.850. The van der Waals surface area contributed by atoms with E-state index in [9.17, 15) is 13.2 Å². The molecule has 0 fully saturated rings. The van der Waals surface area contributed by atoms with E-state index in [0.717, 1.165) is 9.13 Å². The number of halogens is 1. The Bertz CT molecular complexity index is 571. The maximum Gasteiger partial charge on any atom is 0.321 e. The number of hydrogen-bond donors (Lipinski definition) is 2. The number of carboxylic acids is 1. The molecule has 0 aliphatic carbocycles. The molecule has 0 heterocycles. The highest BCUT2D eigenvalue weighted by molar-refractivity contribution is 14.1. The monoisotopic (exact) mass is 397 g/mol. The molecule has 0 saturated carbocycles. The van der Waals surface area contributed by atoms with Crippen molar-refractivity contribution in [2.75, 3.05) is 0 Å². The quantitative estimate of drug-likeness (QED) is 0.721. The number of nitrogens with one attached hydrogen (secondary N) is 1. The summed E-state index contributed by atoms with van der Waals surface area (Å²) in [5.41, 5.74) is 0.975. The van der Waals surface area contributed by atoms with Crippen LogP contribution in [0.5, 0.6) is 0 Å². The van der Waals surface area contributed by atoms with Gasteiger partial charge in [-0.05, 0) is 53.6 Å². The summed E-state index contributed by atoms with van der Waals surface area (Å²) >= 11 is 2.05. The van der Waals surface area contributed by atoms with Crippen LogP contribution in [-0.4, -0.2) is 25.5 Å². The maximum absolute atomic E-state index is 12.1. The van der Waals surface area contributed by atoms with Gasteiger partial charge in [0.05, 0.1) is 4.90 Å². The van der Waals surface area contributed by atoms with Gasteiger partial charge in [0.2, 0.25) is 10.0 Å². The van der Waals surface area contributed by atoms with E-state index in [-0.39, 0.29) is 11.3 Å². The summed E-state index contributed by atoms with van der Waals surface area (Å²) in [5.74, 6) is -1.16. The Balaban J connectivity index is 3.03. The second kappa shape index (κ2) is 6.67. The SMILES string of the molecule is CCCC(NS(=O)(=O)c1ccc(C)c(I)c1)C(=O)O. The molecule has 0 bridgehead atoms. The molecule has 1 rings (SSSR count). The van der Waals surface area contributed by atoms with Gasteiger partial charge in [-0.2, -0.15) is 4.72 Å². The molecule has 0 aliphatic rings. The van der Waals surface area contributed by atoms with Crippen molar-refractivity contribution in [3.05, 3.63) is 27.3 Å². The molecule has 2 N–H and O–H groups in total. The average Bonchev–Trinajstić information content (AvgIpc) is 2.31. The number of benzene rings is 1. The summed E-state index contributed by atoms with van der Waals surface area (Å²) in [7, 11) is -3.80. The van der Waals surface area contributed by atoms with Crippen LogP contribution >= 0.6 is 22.6 Å². The Morgan fingerprint density at radius 2 is 2.11 bits per heavy atom. The normalized spacial score (nSPS) is 13.2. The van der Waals surface area contributed by atoms with Gasteiger partial charge in [0.1, 0.15) is 6.04 Å². The third kappa shape index (κ3) is 4.43. The minimum atomic E-state index is -3.80. The number of rotatable bonds is 6. The Hall–Kier alpha value is -0.670. The first-order valence-corrected chi connectivity index (χ1v) is 8.35. The fourth-order valence-corrected chi connectivity index (χ4v) is 3.49. The highest BCUT2D eigenvalue weighted by Gasteiger charge is 2.24. The molecule has 0 radical (unpaired) electrons. The van der Waals surface area contributed by atoms with Crippen LogP contribution < -0.4 is 4.72 Å². The van der Waals surface area contributed by atoms with Crippen LogP contribution in [0, 0.1) is 10.5 Å². The van der Waals surface area contributed by atoms with Gasteiger partial charge in [-0.25, -0.2) is 8.42 Å². The van der Waals surface area contributed by atoms with E-state index in [1.807, 2.05) is 29.5 Å². The van der Waals surface area contributed by atoms with Crippen molar-refractivity contribution >= 4 is 38.6 Å². The first kappa shape index (κ1) is 16.4. The molecule has 1 unspecified atom stereocenters. The molecule has 106 valence electrons. The number of carboxylic acid groups (broad SMARTS) is 1. The van der Waals surface area contributed by atoms with E-state index in [0.29, 0.717) is 6.42 Å². The van der Waals surface area contributed by atoms with E-state index in [2.05, 4.69) is 4.72 Å². The lowest BCUT2D eigenvalue weighted by Crippen LogP contribution is -2.40. The molecular weight excluding hydrogens is 381 g/mol. The zero-order valence-corrected chi connectivity index (χ0v) is 13.7. The fraction of sp³-hybridized carbons (Fsp3) is 0.417. The molecule has 0 aliphatic heterocycles. The van der Waals surface area contributed by atoms with Gasteiger partial charge < -0.3 is 5.11 Å². The first-order valence-electron chi connectivity index (χ1n) is 5.79. The fourth-order valence-electron chi connectivity index (χ4n) is 1.52. The lowest BCUT2D eigenvalue weighted by molar-refractivity contribution is -0.139. The number of carbonyl (C=O) groups is 1. The molecule has 0 spiro atoms. The van der Waals surface area contributed by atoms with Crippen LogP contribution in [0.1, 0.15) is 25.3 Å². The molecule has 7 heteroatoms. The number of sulfonamides is 1. The second-order valence-corrected chi connectivity index (χ2v) is 7.09. The lowest BCUT2D eigenvalue weighted by atomic mass is 10.2.